The average Bonchev–Trinajstić information content (AvgIpc) is 2.04. The molecular weight excluding hydrogens is 161 g/mol. The lowest BCUT2D eigenvalue weighted by molar-refractivity contribution is 0.486. The van der Waals surface area contributed by atoms with Crippen LogP contribution in [-0.4, -0.2) is 6.26 Å². The van der Waals surface area contributed by atoms with Crippen LogP contribution in [0.25, 0.3) is 0 Å². The van der Waals surface area contributed by atoms with Crippen LogP contribution in [0.1, 0.15) is 5.56 Å². The predicted octanol–water partition coefficient (Wildman–Crippen LogP) is 2.46. The zero-order valence-corrected chi connectivity index (χ0v) is 7.12. The molecule has 0 amide bonds. The van der Waals surface area contributed by atoms with Gasteiger partial charge in [0.05, 0.1) is 0 Å². The van der Waals surface area contributed by atoms with Gasteiger partial charge >= 0.3 is 0 Å². The SMILES string of the molecule is CSc1ccc(CF)c(N)c1. The second-order valence-corrected chi connectivity index (χ2v) is 3.08. The van der Waals surface area contributed by atoms with E-state index in [2.05, 4.69) is 0 Å². The summed E-state index contributed by atoms with van der Waals surface area (Å²) in [6.07, 6.45) is 1.96. The number of nitrogen functional groups attached to an aromatic ring is 1. The summed E-state index contributed by atoms with van der Waals surface area (Å²) in [7, 11) is 0. The summed E-state index contributed by atoms with van der Waals surface area (Å²) in [5.74, 6) is 0. The fraction of sp³-hybridized carbons (Fsp3) is 0.250. The van der Waals surface area contributed by atoms with E-state index in [0.29, 0.717) is 11.3 Å². The summed E-state index contributed by atoms with van der Waals surface area (Å²) in [5.41, 5.74) is 6.67. The third kappa shape index (κ3) is 1.87. The maximum atomic E-state index is 12.1. The molecule has 0 aliphatic carbocycles. The standard InChI is InChI=1S/C8H10FNS/c1-11-7-3-2-6(5-9)8(10)4-7/h2-4H,5,10H2,1H3. The Morgan fingerprint density at radius 1 is 1.55 bits per heavy atom. The quantitative estimate of drug-likeness (QED) is 0.546. The molecule has 0 aliphatic heterocycles. The van der Waals surface area contributed by atoms with Crippen LogP contribution < -0.4 is 5.73 Å². The van der Waals surface area contributed by atoms with Gasteiger partial charge in [-0.25, -0.2) is 4.39 Å². The van der Waals surface area contributed by atoms with Crippen molar-refractivity contribution in [2.24, 2.45) is 0 Å². The number of hydrogen-bond acceptors (Lipinski definition) is 2. The normalized spacial score (nSPS) is 10.0. The summed E-state index contributed by atoms with van der Waals surface area (Å²) in [5, 5.41) is 0. The molecule has 11 heavy (non-hydrogen) atoms. The topological polar surface area (TPSA) is 26.0 Å². The van der Waals surface area contributed by atoms with E-state index in [0.717, 1.165) is 4.90 Å². The number of halogens is 1. The maximum absolute atomic E-state index is 12.1. The van der Waals surface area contributed by atoms with Crippen LogP contribution in [0, 0.1) is 0 Å². The maximum Gasteiger partial charge on any atom is 0.116 e. The third-order valence-corrected chi connectivity index (χ3v) is 2.22. The van der Waals surface area contributed by atoms with Crippen molar-refractivity contribution in [3.05, 3.63) is 23.8 Å². The molecule has 0 unspecified atom stereocenters. The van der Waals surface area contributed by atoms with Crippen LogP contribution in [0.4, 0.5) is 10.1 Å². The van der Waals surface area contributed by atoms with Crippen molar-refractivity contribution in [3.8, 4) is 0 Å². The van der Waals surface area contributed by atoms with Crippen molar-refractivity contribution in [2.45, 2.75) is 11.6 Å². The summed E-state index contributed by atoms with van der Waals surface area (Å²) in [4.78, 5) is 1.07. The van der Waals surface area contributed by atoms with Crippen molar-refractivity contribution >= 4 is 17.4 Å². The van der Waals surface area contributed by atoms with E-state index < -0.39 is 6.67 Å². The van der Waals surface area contributed by atoms with Crippen LogP contribution in [-0.2, 0) is 6.67 Å². The molecule has 0 aliphatic rings. The van der Waals surface area contributed by atoms with Crippen LogP contribution in [0.2, 0.25) is 0 Å². The van der Waals surface area contributed by atoms with Gasteiger partial charge in [-0.1, -0.05) is 6.07 Å². The fourth-order valence-corrected chi connectivity index (χ4v) is 1.27. The molecule has 2 N–H and O–H groups in total. The molecule has 0 bridgehead atoms. The van der Waals surface area contributed by atoms with E-state index in [1.165, 1.54) is 0 Å². The van der Waals surface area contributed by atoms with Gasteiger partial charge in [-0.05, 0) is 18.4 Å². The van der Waals surface area contributed by atoms with E-state index in [1.54, 1.807) is 23.9 Å². The summed E-state index contributed by atoms with van der Waals surface area (Å²) in [6.45, 7) is -0.486. The Kier molecular flexibility index (Phi) is 2.76. The molecule has 3 heteroatoms. The lowest BCUT2D eigenvalue weighted by atomic mass is 10.2. The van der Waals surface area contributed by atoms with Gasteiger partial charge in [0, 0.05) is 16.1 Å². The molecular formula is C8H10FNS. The first-order valence-electron chi connectivity index (χ1n) is 3.26. The average molecular weight is 171 g/mol. The Morgan fingerprint density at radius 3 is 2.73 bits per heavy atom. The highest BCUT2D eigenvalue weighted by molar-refractivity contribution is 7.98. The molecule has 0 aromatic heterocycles. The first-order valence-corrected chi connectivity index (χ1v) is 4.48. The largest absolute Gasteiger partial charge is 0.398 e. The van der Waals surface area contributed by atoms with Crippen molar-refractivity contribution < 1.29 is 4.39 Å². The van der Waals surface area contributed by atoms with Gasteiger partial charge in [0.1, 0.15) is 6.67 Å². The lowest BCUT2D eigenvalue weighted by Crippen LogP contribution is -1.91. The lowest BCUT2D eigenvalue weighted by Gasteiger charge is -2.02. The molecule has 0 fully saturated rings. The van der Waals surface area contributed by atoms with Gasteiger partial charge in [0.25, 0.3) is 0 Å². The molecule has 1 nitrogen and oxygen atoms in total. The van der Waals surface area contributed by atoms with Crippen LogP contribution in [0.15, 0.2) is 23.1 Å². The second kappa shape index (κ2) is 3.62. The molecule has 0 heterocycles. The van der Waals surface area contributed by atoms with Crippen LogP contribution in [0.5, 0.6) is 0 Å². The number of thioether (sulfide) groups is 1. The molecule has 1 aromatic rings. The molecule has 0 saturated carbocycles. The zero-order chi connectivity index (χ0) is 8.27. The number of nitrogens with two attached hydrogens (primary N) is 1. The Morgan fingerprint density at radius 2 is 2.27 bits per heavy atom. The Labute approximate surface area is 69.8 Å². The Bertz CT molecular complexity index is 250. The number of alkyl halides is 1. The number of hydrogen-bond donors (Lipinski definition) is 1. The smallest absolute Gasteiger partial charge is 0.116 e. The van der Waals surface area contributed by atoms with Gasteiger partial charge in [-0.15, -0.1) is 11.8 Å². The van der Waals surface area contributed by atoms with Crippen molar-refractivity contribution in [3.63, 3.8) is 0 Å². The summed E-state index contributed by atoms with van der Waals surface area (Å²) in [6, 6.07) is 5.39. The first kappa shape index (κ1) is 8.40. The van der Waals surface area contributed by atoms with Crippen molar-refractivity contribution in [2.75, 3.05) is 12.0 Å². The highest BCUT2D eigenvalue weighted by Crippen LogP contribution is 2.21. The van der Waals surface area contributed by atoms with E-state index in [9.17, 15) is 4.39 Å². The minimum absolute atomic E-state index is 0.486. The van der Waals surface area contributed by atoms with Gasteiger partial charge in [-0.3, -0.25) is 0 Å². The molecule has 0 spiro atoms. The molecule has 0 radical (unpaired) electrons. The minimum Gasteiger partial charge on any atom is -0.398 e. The van der Waals surface area contributed by atoms with Gasteiger partial charge in [0.15, 0.2) is 0 Å². The van der Waals surface area contributed by atoms with Crippen LogP contribution >= 0.6 is 11.8 Å². The van der Waals surface area contributed by atoms with E-state index in [-0.39, 0.29) is 0 Å². The predicted molar refractivity (Wildman–Crippen MR) is 47.4 cm³/mol. The first-order chi connectivity index (χ1) is 5.27. The fourth-order valence-electron chi connectivity index (χ4n) is 0.822. The molecule has 1 aromatic carbocycles. The number of rotatable bonds is 2. The number of benzene rings is 1. The molecule has 1 rings (SSSR count). The highest BCUT2D eigenvalue weighted by Gasteiger charge is 1.98. The molecule has 0 saturated heterocycles. The van der Waals surface area contributed by atoms with Gasteiger partial charge < -0.3 is 5.73 Å². The monoisotopic (exact) mass is 171 g/mol. The highest BCUT2D eigenvalue weighted by atomic mass is 32.2. The van der Waals surface area contributed by atoms with E-state index >= 15 is 0 Å². The van der Waals surface area contributed by atoms with Gasteiger partial charge in [-0.2, -0.15) is 0 Å². The van der Waals surface area contributed by atoms with E-state index in [1.807, 2.05) is 12.3 Å². The summed E-state index contributed by atoms with van der Waals surface area (Å²) < 4.78 is 12.1. The Balaban J connectivity index is 2.99. The number of anilines is 1. The van der Waals surface area contributed by atoms with Gasteiger partial charge in [0.2, 0.25) is 0 Å². The summed E-state index contributed by atoms with van der Waals surface area (Å²) >= 11 is 1.60. The molecule has 0 atom stereocenters. The zero-order valence-electron chi connectivity index (χ0n) is 6.30. The van der Waals surface area contributed by atoms with E-state index in [4.69, 9.17) is 5.73 Å². The van der Waals surface area contributed by atoms with Crippen molar-refractivity contribution in [1.82, 2.24) is 0 Å². The second-order valence-electron chi connectivity index (χ2n) is 2.20. The Hall–Kier alpha value is -0.700. The van der Waals surface area contributed by atoms with Crippen molar-refractivity contribution in [1.29, 1.82) is 0 Å². The molecule has 60 valence electrons. The minimum atomic E-state index is -0.486. The third-order valence-electron chi connectivity index (χ3n) is 1.50. The van der Waals surface area contributed by atoms with Crippen LogP contribution in [0.3, 0.4) is 0 Å².